The molecule has 10 nitrogen and oxygen atoms in total. The van der Waals surface area contributed by atoms with Gasteiger partial charge in [-0.25, -0.2) is 0 Å². The number of phenolic OH excluding ortho intramolecular Hbond substituents is 1. The van der Waals surface area contributed by atoms with Gasteiger partial charge in [0.2, 0.25) is 5.91 Å². The number of benzene rings is 3. The topological polar surface area (TPSA) is 142 Å². The van der Waals surface area contributed by atoms with Crippen molar-refractivity contribution in [3.8, 4) is 5.75 Å². The quantitative estimate of drug-likeness (QED) is 0.0989. The highest BCUT2D eigenvalue weighted by atomic mass is 32.2. The molecular weight excluding hydrogens is 580 g/mol. The molecule has 1 heterocycles. The lowest BCUT2D eigenvalue weighted by Crippen LogP contribution is -2.42. The third kappa shape index (κ3) is 7.44. The summed E-state index contributed by atoms with van der Waals surface area (Å²) in [5.74, 6) is -2.67. The average Bonchev–Trinajstić information content (AvgIpc) is 3.03. The molecule has 0 spiro atoms. The number of phenols is 1. The van der Waals surface area contributed by atoms with Crippen LogP contribution in [0.25, 0.3) is 6.08 Å². The van der Waals surface area contributed by atoms with Crippen molar-refractivity contribution in [2.75, 3.05) is 5.75 Å². The Morgan fingerprint density at radius 1 is 1.09 bits per heavy atom. The fourth-order valence-electron chi connectivity index (χ4n) is 4.34. The van der Waals surface area contributed by atoms with E-state index in [0.717, 1.165) is 35.0 Å². The number of allylic oxidation sites excluding steroid dienone is 4. The predicted molar refractivity (Wildman–Crippen MR) is 170 cm³/mol. The first kappa shape index (κ1) is 31.4. The molecule has 2 N–H and O–H groups in total. The fourth-order valence-corrected chi connectivity index (χ4v) is 5.14. The van der Waals surface area contributed by atoms with E-state index in [-0.39, 0.29) is 28.0 Å². The van der Waals surface area contributed by atoms with Crippen LogP contribution >= 0.6 is 11.8 Å². The van der Waals surface area contributed by atoms with Gasteiger partial charge in [0.15, 0.2) is 10.9 Å². The van der Waals surface area contributed by atoms with Crippen LogP contribution in [0, 0.1) is 10.1 Å². The van der Waals surface area contributed by atoms with E-state index in [1.807, 2.05) is 60.7 Å². The Balaban J connectivity index is 1.64. The number of nitro groups is 1. The van der Waals surface area contributed by atoms with E-state index in [9.17, 15) is 29.6 Å². The third-order valence-corrected chi connectivity index (χ3v) is 7.36. The average molecular weight is 609 g/mol. The molecule has 0 saturated carbocycles. The number of hydrogen-bond donors (Lipinski definition) is 2. The van der Waals surface area contributed by atoms with Gasteiger partial charge in [-0.05, 0) is 41.8 Å². The van der Waals surface area contributed by atoms with Crippen molar-refractivity contribution in [2.45, 2.75) is 13.0 Å². The van der Waals surface area contributed by atoms with Gasteiger partial charge in [0.05, 0.1) is 16.7 Å². The molecule has 1 aliphatic heterocycles. The van der Waals surface area contributed by atoms with Gasteiger partial charge in [0.25, 0.3) is 11.8 Å². The van der Waals surface area contributed by atoms with Gasteiger partial charge in [-0.1, -0.05) is 103 Å². The normalized spacial score (nSPS) is 14.7. The van der Waals surface area contributed by atoms with Crippen LogP contribution in [-0.4, -0.2) is 43.6 Å². The van der Waals surface area contributed by atoms with E-state index in [4.69, 9.17) is 0 Å². The maximum absolute atomic E-state index is 13.8. The van der Waals surface area contributed by atoms with Crippen molar-refractivity contribution in [3.63, 3.8) is 0 Å². The summed E-state index contributed by atoms with van der Waals surface area (Å²) in [4.78, 5) is 55.9. The molecule has 0 saturated heterocycles. The van der Waals surface area contributed by atoms with Crippen molar-refractivity contribution in [3.05, 3.63) is 148 Å². The van der Waals surface area contributed by atoms with Crippen LogP contribution in [-0.2, 0) is 14.4 Å². The molecule has 0 aromatic heterocycles. The Kier molecular flexibility index (Phi) is 10.4. The predicted octanol–water partition coefficient (Wildman–Crippen LogP) is 5.69. The van der Waals surface area contributed by atoms with Crippen molar-refractivity contribution >= 4 is 46.4 Å². The van der Waals surface area contributed by atoms with Crippen LogP contribution in [0.2, 0.25) is 0 Å². The largest absolute Gasteiger partial charge is 0.502 e. The Morgan fingerprint density at radius 3 is 2.30 bits per heavy atom. The maximum Gasteiger partial charge on any atom is 0.311 e. The number of hydrogen-bond acceptors (Lipinski definition) is 7. The summed E-state index contributed by atoms with van der Waals surface area (Å²) in [7, 11) is 0. The number of aliphatic imine (C=N–C) groups is 1. The molecule has 0 unspecified atom stereocenters. The first-order valence-corrected chi connectivity index (χ1v) is 14.4. The summed E-state index contributed by atoms with van der Waals surface area (Å²) >= 11 is 0.919. The highest BCUT2D eigenvalue weighted by Crippen LogP contribution is 2.30. The molecule has 3 aromatic carbocycles. The highest BCUT2D eigenvalue weighted by molar-refractivity contribution is 8.14. The number of amidine groups is 1. The summed E-state index contributed by atoms with van der Waals surface area (Å²) < 4.78 is 0. The number of nitro benzene ring substituents is 1. The van der Waals surface area contributed by atoms with Crippen LogP contribution in [0.4, 0.5) is 5.69 Å². The van der Waals surface area contributed by atoms with Gasteiger partial charge in [-0.3, -0.25) is 29.4 Å². The second-order valence-electron chi connectivity index (χ2n) is 9.32. The highest BCUT2D eigenvalue weighted by Gasteiger charge is 2.35. The molecule has 0 aliphatic carbocycles. The number of carbonyl (C=O) groups excluding carboxylic acids is 3. The van der Waals surface area contributed by atoms with E-state index < -0.39 is 34.2 Å². The Bertz CT molecular complexity index is 1670. The minimum Gasteiger partial charge on any atom is -0.502 e. The van der Waals surface area contributed by atoms with Crippen LogP contribution in [0.15, 0.2) is 126 Å². The molecule has 222 valence electrons. The zero-order chi connectivity index (χ0) is 31.6. The fraction of sp³-hybridized carbons (Fsp3) is 0.0909. The molecule has 11 heteroatoms. The molecule has 44 heavy (non-hydrogen) atoms. The third-order valence-electron chi connectivity index (χ3n) is 6.42. The smallest absolute Gasteiger partial charge is 0.311 e. The van der Waals surface area contributed by atoms with Gasteiger partial charge in [-0.15, -0.1) is 0 Å². The number of aromatic hydroxyl groups is 1. The molecule has 0 fully saturated rings. The van der Waals surface area contributed by atoms with Crippen LogP contribution in [0.3, 0.4) is 0 Å². The van der Waals surface area contributed by atoms with Crippen LogP contribution < -0.4 is 5.32 Å². The second-order valence-corrected chi connectivity index (χ2v) is 10.3. The lowest BCUT2D eigenvalue weighted by Gasteiger charge is -2.28. The van der Waals surface area contributed by atoms with Gasteiger partial charge < -0.3 is 10.4 Å². The standard InChI is InChI=1S/C33H28N4O6S/c1-3-5-16-25(4-2)36-32(41)26(19-22-17-18-28(38)27(20-22)37(42)43)31(40)35-33(36)44-21-29(39)34-30(23-12-8-6-9-13-23)24-14-10-7-11-15-24/h3-20,30,38H,1,21H2,2H3,(H,34,39)/b16-5-,25-4+,26-19+. The van der Waals surface area contributed by atoms with E-state index in [1.165, 1.54) is 23.1 Å². The molecule has 0 atom stereocenters. The van der Waals surface area contributed by atoms with E-state index in [2.05, 4.69) is 16.9 Å². The summed E-state index contributed by atoms with van der Waals surface area (Å²) in [6.45, 7) is 5.35. The van der Waals surface area contributed by atoms with Crippen molar-refractivity contribution < 1.29 is 24.4 Å². The summed E-state index contributed by atoms with van der Waals surface area (Å²) in [5, 5.41) is 24.1. The molecule has 1 aliphatic rings. The molecule has 3 aromatic rings. The Hall–Kier alpha value is -5.55. The summed E-state index contributed by atoms with van der Waals surface area (Å²) in [5.41, 5.74) is 1.35. The zero-order valence-corrected chi connectivity index (χ0v) is 24.4. The lowest BCUT2D eigenvalue weighted by atomic mass is 9.99. The molecule has 0 bridgehead atoms. The lowest BCUT2D eigenvalue weighted by molar-refractivity contribution is -0.385. The van der Waals surface area contributed by atoms with Gasteiger partial charge in [0.1, 0.15) is 5.57 Å². The van der Waals surface area contributed by atoms with E-state index in [1.54, 1.807) is 25.2 Å². The molecule has 4 rings (SSSR count). The number of rotatable bonds is 10. The SMILES string of the molecule is C=C/C=C\C(=C/C)N1C(=O)/C(=C/c2ccc(O)c([N+](=O)[O-])c2)C(=O)N=C1SCC(=O)NC(c1ccccc1)c1ccccc1. The monoisotopic (exact) mass is 608 g/mol. The van der Waals surface area contributed by atoms with Crippen LogP contribution in [0.1, 0.15) is 29.7 Å². The number of carbonyl (C=O) groups is 3. The number of nitrogens with one attached hydrogen (secondary N) is 1. The number of thioether (sulfide) groups is 1. The first-order valence-electron chi connectivity index (χ1n) is 13.4. The minimum absolute atomic E-state index is 0.0122. The van der Waals surface area contributed by atoms with E-state index in [0.29, 0.717) is 5.70 Å². The Labute approximate surface area is 258 Å². The minimum atomic E-state index is -0.875. The molecule has 3 amide bonds. The summed E-state index contributed by atoms with van der Waals surface area (Å²) in [6, 6.07) is 22.0. The van der Waals surface area contributed by atoms with Gasteiger partial charge >= 0.3 is 5.69 Å². The molecular formula is C33H28N4O6S. The molecule has 0 radical (unpaired) electrons. The van der Waals surface area contributed by atoms with Crippen molar-refractivity contribution in [2.24, 2.45) is 4.99 Å². The zero-order valence-electron chi connectivity index (χ0n) is 23.6. The maximum atomic E-state index is 13.8. The van der Waals surface area contributed by atoms with E-state index >= 15 is 0 Å². The van der Waals surface area contributed by atoms with Crippen molar-refractivity contribution in [1.29, 1.82) is 0 Å². The number of amides is 3. The van der Waals surface area contributed by atoms with Gasteiger partial charge in [-0.2, -0.15) is 4.99 Å². The first-order chi connectivity index (χ1) is 21.2. The van der Waals surface area contributed by atoms with Gasteiger partial charge in [0, 0.05) is 11.8 Å². The number of nitrogens with zero attached hydrogens (tertiary/aromatic N) is 3. The van der Waals surface area contributed by atoms with Crippen LogP contribution in [0.5, 0.6) is 5.75 Å². The Morgan fingerprint density at radius 2 is 1.73 bits per heavy atom. The summed E-state index contributed by atoms with van der Waals surface area (Å²) in [6.07, 6.45) is 7.52. The second kappa shape index (κ2) is 14.6. The van der Waals surface area contributed by atoms with Crippen molar-refractivity contribution in [1.82, 2.24) is 10.2 Å².